The summed E-state index contributed by atoms with van der Waals surface area (Å²) in [7, 11) is 0. The molecule has 0 radical (unpaired) electrons. The summed E-state index contributed by atoms with van der Waals surface area (Å²) in [5.74, 6) is -0.851. The topological polar surface area (TPSA) is 64.2 Å². The number of alkyl halides is 3. The second kappa shape index (κ2) is 7.12. The molecular formula is C14H12F4N2O3. The molecule has 0 atom stereocenters. The van der Waals surface area contributed by atoms with Crippen molar-refractivity contribution in [2.45, 2.75) is 19.2 Å². The fraction of sp³-hybridized carbons (Fsp3) is 0.286. The first kappa shape index (κ1) is 16.8. The predicted molar refractivity (Wildman–Crippen MR) is 70.0 cm³/mol. The van der Waals surface area contributed by atoms with Gasteiger partial charge in [0, 0.05) is 18.2 Å². The van der Waals surface area contributed by atoms with Gasteiger partial charge in [0.15, 0.2) is 0 Å². The Bertz CT molecular complexity index is 670. The van der Waals surface area contributed by atoms with E-state index in [-0.39, 0.29) is 24.7 Å². The lowest BCUT2D eigenvalue weighted by molar-refractivity contribution is -0.137. The summed E-state index contributed by atoms with van der Waals surface area (Å²) in [4.78, 5) is 10.0. The zero-order valence-electron chi connectivity index (χ0n) is 11.7. The number of benzene rings is 1. The molecule has 124 valence electrons. The van der Waals surface area contributed by atoms with Crippen LogP contribution in [0.15, 0.2) is 24.3 Å². The Morgan fingerprint density at radius 1 is 1.22 bits per heavy atom. The third kappa shape index (κ3) is 4.97. The fourth-order valence-electron chi connectivity index (χ4n) is 1.81. The molecule has 1 aromatic heterocycles. The highest BCUT2D eigenvalue weighted by Crippen LogP contribution is 2.30. The minimum atomic E-state index is -4.63. The van der Waals surface area contributed by atoms with Crippen LogP contribution >= 0.6 is 0 Å². The first-order valence-electron chi connectivity index (χ1n) is 6.47. The molecule has 1 N–H and O–H groups in total. The molecule has 0 amide bonds. The number of nitrogens with one attached hydrogen (secondary N) is 1. The Labute approximate surface area is 128 Å². The summed E-state index contributed by atoms with van der Waals surface area (Å²) < 4.78 is 60.8. The van der Waals surface area contributed by atoms with Gasteiger partial charge in [-0.05, 0) is 23.8 Å². The van der Waals surface area contributed by atoms with E-state index in [9.17, 15) is 22.4 Å². The van der Waals surface area contributed by atoms with E-state index in [2.05, 4.69) is 14.9 Å². The van der Waals surface area contributed by atoms with Crippen LogP contribution in [0.4, 0.5) is 17.6 Å². The van der Waals surface area contributed by atoms with Crippen LogP contribution in [-0.2, 0) is 28.7 Å². The van der Waals surface area contributed by atoms with Gasteiger partial charge < -0.3 is 9.47 Å². The number of hydrogen-bond donors (Lipinski definition) is 1. The Kier molecular flexibility index (Phi) is 5.20. The number of halogens is 4. The third-order valence-corrected chi connectivity index (χ3v) is 2.84. The first-order chi connectivity index (χ1) is 10.9. The van der Waals surface area contributed by atoms with Gasteiger partial charge in [0.2, 0.25) is 5.88 Å². The molecule has 1 heterocycles. The van der Waals surface area contributed by atoms with Crippen molar-refractivity contribution in [3.8, 4) is 5.88 Å². The molecule has 0 saturated heterocycles. The molecule has 1 aromatic carbocycles. The van der Waals surface area contributed by atoms with Gasteiger partial charge in [-0.2, -0.15) is 13.2 Å². The monoisotopic (exact) mass is 332 g/mol. The van der Waals surface area contributed by atoms with E-state index in [1.807, 2.05) is 0 Å². The highest BCUT2D eigenvalue weighted by molar-refractivity contribution is 5.36. The molecule has 0 aliphatic rings. The Balaban J connectivity index is 1.98. The third-order valence-electron chi connectivity index (χ3n) is 2.84. The summed E-state index contributed by atoms with van der Waals surface area (Å²) >= 11 is 0. The molecule has 0 fully saturated rings. The van der Waals surface area contributed by atoms with Gasteiger partial charge in [-0.3, -0.25) is 9.89 Å². The lowest BCUT2D eigenvalue weighted by atomic mass is 10.1. The predicted octanol–water partition coefficient (Wildman–Crippen LogP) is 2.86. The SMILES string of the molecule is O=COCCc1cc(OCc2cc(F)cc(C(F)(F)F)c2)n[nH]1. The second-order valence-corrected chi connectivity index (χ2v) is 4.58. The number of aromatic amines is 1. The standard InChI is InChI=1S/C14H12F4N2O3/c15-11-4-9(3-10(5-11)14(16,17)18)7-23-13-6-12(19-20-13)1-2-22-8-21/h3-6,8H,1-2,7H2,(H,19,20). The van der Waals surface area contributed by atoms with Crippen LogP contribution in [0, 0.1) is 5.82 Å². The molecule has 2 aromatic rings. The summed E-state index contributed by atoms with van der Waals surface area (Å²) in [6.07, 6.45) is -4.25. The van der Waals surface area contributed by atoms with Gasteiger partial charge in [-0.1, -0.05) is 0 Å². The van der Waals surface area contributed by atoms with Gasteiger partial charge in [-0.15, -0.1) is 5.10 Å². The highest BCUT2D eigenvalue weighted by Gasteiger charge is 2.31. The van der Waals surface area contributed by atoms with Crippen molar-refractivity contribution < 1.29 is 31.8 Å². The molecule has 23 heavy (non-hydrogen) atoms. The van der Waals surface area contributed by atoms with Crippen molar-refractivity contribution >= 4 is 6.47 Å². The van der Waals surface area contributed by atoms with E-state index in [0.717, 1.165) is 12.1 Å². The molecule has 9 heteroatoms. The summed E-state index contributed by atoms with van der Waals surface area (Å²) in [6.45, 7) is 0.204. The van der Waals surface area contributed by atoms with Crippen LogP contribution < -0.4 is 4.74 Å². The van der Waals surface area contributed by atoms with Gasteiger partial charge in [0.25, 0.3) is 6.47 Å². The molecule has 0 spiro atoms. The van der Waals surface area contributed by atoms with Crippen LogP contribution in [0.3, 0.4) is 0 Å². The summed E-state index contributed by atoms with van der Waals surface area (Å²) in [5, 5.41) is 6.42. The summed E-state index contributed by atoms with van der Waals surface area (Å²) in [5.41, 5.74) is -0.423. The van der Waals surface area contributed by atoms with E-state index in [4.69, 9.17) is 4.74 Å². The molecule has 0 aliphatic carbocycles. The van der Waals surface area contributed by atoms with E-state index in [1.54, 1.807) is 0 Å². The van der Waals surface area contributed by atoms with Gasteiger partial charge in [0.05, 0.1) is 12.2 Å². The van der Waals surface area contributed by atoms with Crippen molar-refractivity contribution in [1.82, 2.24) is 10.2 Å². The normalized spacial score (nSPS) is 11.3. The Morgan fingerprint density at radius 2 is 2.00 bits per heavy atom. The zero-order valence-corrected chi connectivity index (χ0v) is 11.7. The van der Waals surface area contributed by atoms with Crippen molar-refractivity contribution in [2.24, 2.45) is 0 Å². The van der Waals surface area contributed by atoms with Crippen molar-refractivity contribution in [3.05, 3.63) is 46.9 Å². The number of rotatable bonds is 7. The lowest BCUT2D eigenvalue weighted by Crippen LogP contribution is -2.07. The average molecular weight is 332 g/mol. The van der Waals surface area contributed by atoms with E-state index in [1.165, 1.54) is 6.07 Å². The van der Waals surface area contributed by atoms with Gasteiger partial charge in [-0.25, -0.2) is 4.39 Å². The van der Waals surface area contributed by atoms with Crippen LogP contribution in [-0.4, -0.2) is 23.3 Å². The first-order valence-corrected chi connectivity index (χ1v) is 6.47. The summed E-state index contributed by atoms with van der Waals surface area (Å²) in [6, 6.07) is 3.70. The van der Waals surface area contributed by atoms with Crippen LogP contribution in [0.25, 0.3) is 0 Å². The maximum absolute atomic E-state index is 13.2. The van der Waals surface area contributed by atoms with E-state index >= 15 is 0 Å². The van der Waals surface area contributed by atoms with Crippen molar-refractivity contribution in [3.63, 3.8) is 0 Å². The maximum Gasteiger partial charge on any atom is 0.416 e. The number of aromatic nitrogens is 2. The van der Waals surface area contributed by atoms with Gasteiger partial charge >= 0.3 is 6.18 Å². The molecular weight excluding hydrogens is 320 g/mol. The second-order valence-electron chi connectivity index (χ2n) is 4.58. The van der Waals surface area contributed by atoms with Crippen molar-refractivity contribution in [1.29, 1.82) is 0 Å². The number of hydrogen-bond acceptors (Lipinski definition) is 4. The number of ether oxygens (including phenoxy) is 2. The average Bonchev–Trinajstić information content (AvgIpc) is 2.92. The molecule has 5 nitrogen and oxygen atoms in total. The van der Waals surface area contributed by atoms with Crippen molar-refractivity contribution in [2.75, 3.05) is 6.61 Å². The number of carbonyl (C=O) groups excluding carboxylic acids is 1. The Morgan fingerprint density at radius 3 is 2.70 bits per heavy atom. The van der Waals surface area contributed by atoms with Crippen LogP contribution in [0.1, 0.15) is 16.8 Å². The zero-order chi connectivity index (χ0) is 16.9. The van der Waals surface area contributed by atoms with E-state index < -0.39 is 17.6 Å². The number of H-pyrrole nitrogens is 1. The molecule has 0 unspecified atom stereocenters. The highest BCUT2D eigenvalue weighted by atomic mass is 19.4. The minimum absolute atomic E-state index is 0.0335. The maximum atomic E-state index is 13.2. The van der Waals surface area contributed by atoms with Crippen LogP contribution in [0.5, 0.6) is 5.88 Å². The molecule has 0 aliphatic heterocycles. The number of carbonyl (C=O) groups is 1. The van der Waals surface area contributed by atoms with E-state index in [0.29, 0.717) is 24.7 Å². The smallest absolute Gasteiger partial charge is 0.416 e. The number of nitrogens with zero attached hydrogens (tertiary/aromatic N) is 1. The minimum Gasteiger partial charge on any atom is -0.472 e. The van der Waals surface area contributed by atoms with Gasteiger partial charge in [0.1, 0.15) is 12.4 Å². The molecule has 2 rings (SSSR count). The largest absolute Gasteiger partial charge is 0.472 e. The Hall–Kier alpha value is -2.58. The van der Waals surface area contributed by atoms with Crippen LogP contribution in [0.2, 0.25) is 0 Å². The lowest BCUT2D eigenvalue weighted by Gasteiger charge is -2.09. The molecule has 0 bridgehead atoms. The quantitative estimate of drug-likeness (QED) is 0.481. The fourth-order valence-corrected chi connectivity index (χ4v) is 1.81. The molecule has 0 saturated carbocycles.